The van der Waals surface area contributed by atoms with Crippen molar-refractivity contribution in [3.05, 3.63) is 66.0 Å². The molecule has 6 rings (SSSR count). The van der Waals surface area contributed by atoms with Gasteiger partial charge in [0.05, 0.1) is 16.7 Å². The molecular formula is C28H31N7O. The van der Waals surface area contributed by atoms with Gasteiger partial charge in [0, 0.05) is 62.2 Å². The van der Waals surface area contributed by atoms with Crippen LogP contribution in [0.25, 0.3) is 22.3 Å². The Morgan fingerprint density at radius 2 is 1.92 bits per heavy atom. The fourth-order valence-corrected chi connectivity index (χ4v) is 4.82. The molecule has 1 aromatic carbocycles. The number of H-pyrrole nitrogens is 1. The number of nitrogens with zero attached hydrogens (tertiary/aromatic N) is 5. The molecule has 0 bridgehead atoms. The number of aromatic nitrogens is 4. The van der Waals surface area contributed by atoms with Crippen LogP contribution in [0.1, 0.15) is 30.5 Å². The molecule has 1 aliphatic heterocycles. The summed E-state index contributed by atoms with van der Waals surface area (Å²) in [5, 5.41) is 3.39. The lowest BCUT2D eigenvalue weighted by Gasteiger charge is -2.35. The van der Waals surface area contributed by atoms with Crippen LogP contribution in [0.4, 0.5) is 11.8 Å². The highest BCUT2D eigenvalue weighted by molar-refractivity contribution is 5.83. The van der Waals surface area contributed by atoms with E-state index in [0.29, 0.717) is 17.8 Å². The Hall–Kier alpha value is -3.78. The summed E-state index contributed by atoms with van der Waals surface area (Å²) in [6, 6.07) is 16.3. The molecule has 184 valence electrons. The molecule has 2 N–H and O–H groups in total. The number of piperazine rings is 1. The van der Waals surface area contributed by atoms with Crippen LogP contribution in [-0.2, 0) is 11.3 Å². The van der Waals surface area contributed by atoms with Gasteiger partial charge in [0.25, 0.3) is 0 Å². The molecule has 1 aliphatic carbocycles. The Labute approximate surface area is 210 Å². The molecule has 8 heteroatoms. The van der Waals surface area contributed by atoms with Crippen molar-refractivity contribution in [1.82, 2.24) is 29.7 Å². The van der Waals surface area contributed by atoms with Crippen molar-refractivity contribution in [3.8, 4) is 11.3 Å². The molecule has 4 heterocycles. The molecular weight excluding hydrogens is 450 g/mol. The number of hydrogen-bond donors (Lipinski definition) is 2. The Kier molecular flexibility index (Phi) is 6.11. The first-order valence-corrected chi connectivity index (χ1v) is 12.8. The van der Waals surface area contributed by atoms with Crippen molar-refractivity contribution >= 4 is 28.7 Å². The number of imidazole rings is 1. The SMILES string of the molecule is Cc1cccc(-c2ccc3nc(Nc4ncccc4CN4CCN(C(=O)CC5CC5)CC4)[nH]c3c2)n1. The molecule has 0 unspecified atom stereocenters. The van der Waals surface area contributed by atoms with Gasteiger partial charge in [-0.25, -0.2) is 9.97 Å². The minimum absolute atomic E-state index is 0.326. The number of aromatic amines is 1. The minimum atomic E-state index is 0.326. The zero-order valence-electron chi connectivity index (χ0n) is 20.6. The van der Waals surface area contributed by atoms with Crippen LogP contribution in [0.2, 0.25) is 0 Å². The van der Waals surface area contributed by atoms with E-state index in [-0.39, 0.29) is 0 Å². The Morgan fingerprint density at radius 3 is 2.72 bits per heavy atom. The maximum Gasteiger partial charge on any atom is 0.222 e. The van der Waals surface area contributed by atoms with Crippen LogP contribution in [0.5, 0.6) is 0 Å². The van der Waals surface area contributed by atoms with Crippen molar-refractivity contribution < 1.29 is 4.79 Å². The molecule has 2 aliphatic rings. The summed E-state index contributed by atoms with van der Waals surface area (Å²) in [4.78, 5) is 34.2. The maximum atomic E-state index is 12.4. The standard InChI is InChI=1S/C28H31N7O/c1-19-4-2-6-23(30-19)21-9-10-24-25(17-21)32-28(31-24)33-27-22(5-3-11-29-27)18-34-12-14-35(15-13-34)26(36)16-20-7-8-20/h2-6,9-11,17,20H,7-8,12-16,18H2,1H3,(H2,29,31,32,33). The van der Waals surface area contributed by atoms with E-state index in [9.17, 15) is 4.79 Å². The third-order valence-electron chi connectivity index (χ3n) is 7.07. The van der Waals surface area contributed by atoms with Gasteiger partial charge in [0.1, 0.15) is 5.82 Å². The van der Waals surface area contributed by atoms with Gasteiger partial charge in [-0.2, -0.15) is 0 Å². The van der Waals surface area contributed by atoms with Gasteiger partial charge in [-0.05, 0) is 56.0 Å². The summed E-state index contributed by atoms with van der Waals surface area (Å²) in [6.45, 7) is 6.15. The summed E-state index contributed by atoms with van der Waals surface area (Å²) in [6.07, 6.45) is 4.97. The number of nitrogens with one attached hydrogen (secondary N) is 2. The summed E-state index contributed by atoms with van der Waals surface area (Å²) in [5.41, 5.74) is 5.94. The second-order valence-electron chi connectivity index (χ2n) is 9.92. The topological polar surface area (TPSA) is 90.0 Å². The largest absolute Gasteiger partial charge is 0.340 e. The highest BCUT2D eigenvalue weighted by Gasteiger charge is 2.28. The molecule has 1 saturated carbocycles. The van der Waals surface area contributed by atoms with E-state index < -0.39 is 0 Å². The average molecular weight is 482 g/mol. The predicted molar refractivity (Wildman–Crippen MR) is 141 cm³/mol. The lowest BCUT2D eigenvalue weighted by molar-refractivity contribution is -0.133. The normalized spacial score (nSPS) is 16.4. The van der Waals surface area contributed by atoms with Crippen molar-refractivity contribution in [2.75, 3.05) is 31.5 Å². The number of hydrogen-bond acceptors (Lipinski definition) is 6. The summed E-state index contributed by atoms with van der Waals surface area (Å²) in [7, 11) is 0. The summed E-state index contributed by atoms with van der Waals surface area (Å²) in [5.74, 6) is 2.43. The number of pyridine rings is 2. The first-order valence-electron chi connectivity index (χ1n) is 12.8. The Bertz CT molecular complexity index is 1390. The first kappa shape index (κ1) is 22.7. The monoisotopic (exact) mass is 481 g/mol. The lowest BCUT2D eigenvalue weighted by atomic mass is 10.1. The average Bonchev–Trinajstić information content (AvgIpc) is 3.61. The van der Waals surface area contributed by atoms with Crippen LogP contribution in [0.3, 0.4) is 0 Å². The van der Waals surface area contributed by atoms with Gasteiger partial charge < -0.3 is 15.2 Å². The highest BCUT2D eigenvalue weighted by Crippen LogP contribution is 2.33. The fraction of sp³-hybridized carbons (Fsp3) is 0.357. The van der Waals surface area contributed by atoms with E-state index >= 15 is 0 Å². The zero-order chi connectivity index (χ0) is 24.5. The van der Waals surface area contributed by atoms with Gasteiger partial charge >= 0.3 is 0 Å². The number of rotatable bonds is 7. The van der Waals surface area contributed by atoms with Crippen LogP contribution >= 0.6 is 0 Å². The molecule has 3 aromatic heterocycles. The second-order valence-corrected chi connectivity index (χ2v) is 9.92. The first-order chi connectivity index (χ1) is 17.6. The van der Waals surface area contributed by atoms with Crippen molar-refractivity contribution in [3.63, 3.8) is 0 Å². The van der Waals surface area contributed by atoms with E-state index in [4.69, 9.17) is 4.98 Å². The molecule has 8 nitrogen and oxygen atoms in total. The van der Waals surface area contributed by atoms with Gasteiger partial charge in [0.2, 0.25) is 11.9 Å². The van der Waals surface area contributed by atoms with Gasteiger partial charge in [0.15, 0.2) is 0 Å². The van der Waals surface area contributed by atoms with E-state index in [2.05, 4.69) is 43.4 Å². The van der Waals surface area contributed by atoms with E-state index in [1.165, 1.54) is 12.8 Å². The van der Waals surface area contributed by atoms with Crippen molar-refractivity contribution in [2.24, 2.45) is 5.92 Å². The number of anilines is 2. The number of amides is 1. The zero-order valence-corrected chi connectivity index (χ0v) is 20.6. The Balaban J connectivity index is 1.13. The second kappa shape index (κ2) is 9.70. The smallest absolute Gasteiger partial charge is 0.222 e. The quantitative estimate of drug-likeness (QED) is 0.404. The molecule has 4 aromatic rings. The number of aryl methyl sites for hydroxylation is 1. The van der Waals surface area contributed by atoms with Crippen LogP contribution in [0.15, 0.2) is 54.7 Å². The maximum absolute atomic E-state index is 12.4. The fourth-order valence-electron chi connectivity index (χ4n) is 4.82. The molecule has 0 radical (unpaired) electrons. The van der Waals surface area contributed by atoms with Gasteiger partial charge in [-0.15, -0.1) is 0 Å². The minimum Gasteiger partial charge on any atom is -0.340 e. The molecule has 0 atom stereocenters. The van der Waals surface area contributed by atoms with E-state index in [1.807, 2.05) is 42.2 Å². The van der Waals surface area contributed by atoms with Crippen molar-refractivity contribution in [2.45, 2.75) is 32.7 Å². The molecule has 2 fully saturated rings. The number of carbonyl (C=O) groups excluding carboxylic acids is 1. The summed E-state index contributed by atoms with van der Waals surface area (Å²) < 4.78 is 0. The Morgan fingerprint density at radius 1 is 1.06 bits per heavy atom. The lowest BCUT2D eigenvalue weighted by Crippen LogP contribution is -2.48. The number of benzene rings is 1. The van der Waals surface area contributed by atoms with E-state index in [0.717, 1.165) is 78.5 Å². The predicted octanol–water partition coefficient (Wildman–Crippen LogP) is 4.52. The highest BCUT2D eigenvalue weighted by atomic mass is 16.2. The third-order valence-corrected chi connectivity index (χ3v) is 7.07. The summed E-state index contributed by atoms with van der Waals surface area (Å²) >= 11 is 0. The van der Waals surface area contributed by atoms with Crippen LogP contribution in [0, 0.1) is 12.8 Å². The van der Waals surface area contributed by atoms with E-state index in [1.54, 1.807) is 6.20 Å². The van der Waals surface area contributed by atoms with Crippen LogP contribution in [-0.4, -0.2) is 61.8 Å². The van der Waals surface area contributed by atoms with Gasteiger partial charge in [-0.3, -0.25) is 14.7 Å². The third kappa shape index (κ3) is 5.09. The molecule has 1 saturated heterocycles. The molecule has 36 heavy (non-hydrogen) atoms. The molecule has 1 amide bonds. The van der Waals surface area contributed by atoms with Gasteiger partial charge in [-0.1, -0.05) is 18.2 Å². The number of carbonyl (C=O) groups is 1. The molecule has 0 spiro atoms. The van der Waals surface area contributed by atoms with Crippen molar-refractivity contribution in [1.29, 1.82) is 0 Å². The van der Waals surface area contributed by atoms with Crippen LogP contribution < -0.4 is 5.32 Å². The number of fused-ring (bicyclic) bond motifs is 1.